The Balaban J connectivity index is 0.00000109. The fourth-order valence-corrected chi connectivity index (χ4v) is 3.16. The molecule has 1 aliphatic carbocycles. The minimum absolute atomic E-state index is 0.0369. The SMILES string of the molecule is CC.C[C@H](N)CN1C(=O)C2=C(CC=CC=C2)N(C)c2ccc(Cl)cc21. The summed E-state index contributed by atoms with van der Waals surface area (Å²) < 4.78 is 0. The number of fused-ring (bicyclic) bond motifs is 1. The average molecular weight is 360 g/mol. The highest BCUT2D eigenvalue weighted by Crippen LogP contribution is 2.39. The van der Waals surface area contributed by atoms with Crippen LogP contribution in [0.4, 0.5) is 11.4 Å². The summed E-state index contributed by atoms with van der Waals surface area (Å²) in [6, 6.07) is 5.50. The third kappa shape index (κ3) is 3.97. The van der Waals surface area contributed by atoms with Crippen molar-refractivity contribution in [3.8, 4) is 0 Å². The van der Waals surface area contributed by atoms with Gasteiger partial charge in [-0.15, -0.1) is 0 Å². The number of rotatable bonds is 2. The summed E-state index contributed by atoms with van der Waals surface area (Å²) in [5.41, 5.74) is 9.41. The molecule has 0 unspecified atom stereocenters. The average Bonchev–Trinajstić information content (AvgIpc) is 2.88. The summed E-state index contributed by atoms with van der Waals surface area (Å²) in [7, 11) is 1.98. The van der Waals surface area contributed by atoms with Gasteiger partial charge in [0.05, 0.1) is 16.9 Å². The molecule has 2 aliphatic rings. The van der Waals surface area contributed by atoms with Crippen LogP contribution in [-0.2, 0) is 4.79 Å². The van der Waals surface area contributed by atoms with E-state index >= 15 is 0 Å². The van der Waals surface area contributed by atoms with Gasteiger partial charge in [-0.05, 0) is 31.2 Å². The number of hydrogen-bond donors (Lipinski definition) is 1. The molecule has 1 aliphatic heterocycles. The molecule has 1 aromatic rings. The molecule has 0 saturated carbocycles. The lowest BCUT2D eigenvalue weighted by atomic mass is 10.1. The van der Waals surface area contributed by atoms with Gasteiger partial charge in [-0.1, -0.05) is 43.7 Å². The van der Waals surface area contributed by atoms with E-state index in [4.69, 9.17) is 17.3 Å². The number of hydrogen-bond acceptors (Lipinski definition) is 3. The maximum atomic E-state index is 13.2. The number of halogens is 1. The second-order valence-corrected chi connectivity index (χ2v) is 6.37. The normalized spacial score (nSPS) is 17.3. The van der Waals surface area contributed by atoms with Crippen molar-refractivity contribution in [1.29, 1.82) is 0 Å². The first-order valence-corrected chi connectivity index (χ1v) is 9.04. The molecule has 0 radical (unpaired) electrons. The predicted molar refractivity (Wildman–Crippen MR) is 107 cm³/mol. The zero-order chi connectivity index (χ0) is 18.6. The van der Waals surface area contributed by atoms with Crippen molar-refractivity contribution in [3.05, 3.63) is 58.8 Å². The van der Waals surface area contributed by atoms with E-state index in [0.717, 1.165) is 17.1 Å². The minimum atomic E-state index is -0.133. The van der Waals surface area contributed by atoms with Crippen molar-refractivity contribution in [2.24, 2.45) is 5.73 Å². The van der Waals surface area contributed by atoms with Gasteiger partial charge in [-0.2, -0.15) is 0 Å². The van der Waals surface area contributed by atoms with Crippen LogP contribution in [0.2, 0.25) is 5.02 Å². The lowest BCUT2D eigenvalue weighted by Crippen LogP contribution is -2.40. The molecule has 3 rings (SSSR count). The fraction of sp³-hybridized carbons (Fsp3) is 0.350. The van der Waals surface area contributed by atoms with Crippen LogP contribution in [0, 0.1) is 0 Å². The molecule has 4 nitrogen and oxygen atoms in total. The highest BCUT2D eigenvalue weighted by Gasteiger charge is 2.31. The number of amides is 1. The standard InChI is InChI=1S/C18H20ClN3O.C2H6/c1-12(20)11-22-17-10-13(19)8-9-16(17)21(2)15-7-5-3-4-6-14(15)18(22)23;1-2/h3-6,8-10,12H,7,11,20H2,1-2H3;1-2H3/t12-;/m0./s1. The van der Waals surface area contributed by atoms with Gasteiger partial charge in [0, 0.05) is 36.8 Å². The summed E-state index contributed by atoms with van der Waals surface area (Å²) in [5, 5.41) is 0.604. The molecule has 1 amide bonds. The molecule has 0 bridgehead atoms. The van der Waals surface area contributed by atoms with E-state index in [1.54, 1.807) is 4.90 Å². The van der Waals surface area contributed by atoms with Crippen LogP contribution in [0.1, 0.15) is 27.2 Å². The van der Waals surface area contributed by atoms with Crippen LogP contribution in [-0.4, -0.2) is 25.5 Å². The summed E-state index contributed by atoms with van der Waals surface area (Å²) >= 11 is 6.18. The van der Waals surface area contributed by atoms with Crippen molar-refractivity contribution in [2.45, 2.75) is 33.2 Å². The zero-order valence-corrected chi connectivity index (χ0v) is 16.0. The van der Waals surface area contributed by atoms with Crippen LogP contribution in [0.3, 0.4) is 0 Å². The molecule has 1 aromatic carbocycles. The Morgan fingerprint density at radius 2 is 1.96 bits per heavy atom. The van der Waals surface area contributed by atoms with Gasteiger partial charge in [0.2, 0.25) is 0 Å². The number of anilines is 2. The largest absolute Gasteiger partial charge is 0.345 e. The van der Waals surface area contributed by atoms with Gasteiger partial charge >= 0.3 is 0 Å². The van der Waals surface area contributed by atoms with E-state index in [1.165, 1.54) is 0 Å². The zero-order valence-electron chi connectivity index (χ0n) is 15.3. The molecule has 134 valence electrons. The number of nitrogens with zero attached hydrogens (tertiary/aromatic N) is 2. The molecule has 0 saturated heterocycles. The van der Waals surface area contributed by atoms with Gasteiger partial charge < -0.3 is 15.5 Å². The third-order valence-corrected chi connectivity index (χ3v) is 4.31. The van der Waals surface area contributed by atoms with Crippen molar-refractivity contribution >= 4 is 28.9 Å². The van der Waals surface area contributed by atoms with E-state index in [-0.39, 0.29) is 11.9 Å². The number of carbonyl (C=O) groups excluding carboxylic acids is 1. The van der Waals surface area contributed by atoms with Crippen LogP contribution in [0.25, 0.3) is 0 Å². The molecule has 0 spiro atoms. The van der Waals surface area contributed by atoms with Crippen molar-refractivity contribution < 1.29 is 4.79 Å². The highest BCUT2D eigenvalue weighted by molar-refractivity contribution is 6.31. The fourth-order valence-electron chi connectivity index (χ4n) is 2.99. The minimum Gasteiger partial charge on any atom is -0.345 e. The van der Waals surface area contributed by atoms with Gasteiger partial charge in [0.1, 0.15) is 0 Å². The first kappa shape index (κ1) is 19.3. The lowest BCUT2D eigenvalue weighted by Gasteiger charge is -2.27. The van der Waals surface area contributed by atoms with Gasteiger partial charge in [0.25, 0.3) is 5.91 Å². The van der Waals surface area contributed by atoms with Gasteiger partial charge in [-0.25, -0.2) is 0 Å². The predicted octanol–water partition coefficient (Wildman–Crippen LogP) is 4.27. The van der Waals surface area contributed by atoms with E-state index in [1.807, 2.05) is 64.2 Å². The molecule has 25 heavy (non-hydrogen) atoms. The maximum absolute atomic E-state index is 13.2. The molecule has 5 heteroatoms. The number of nitrogens with two attached hydrogens (primary N) is 1. The third-order valence-electron chi connectivity index (χ3n) is 4.07. The molecule has 2 N–H and O–H groups in total. The van der Waals surface area contributed by atoms with Crippen LogP contribution in [0.5, 0.6) is 0 Å². The Morgan fingerprint density at radius 1 is 1.24 bits per heavy atom. The van der Waals surface area contributed by atoms with Crippen LogP contribution >= 0.6 is 11.6 Å². The maximum Gasteiger partial charge on any atom is 0.260 e. The molecular weight excluding hydrogens is 334 g/mol. The molecule has 0 fully saturated rings. The van der Waals surface area contributed by atoms with E-state index in [0.29, 0.717) is 23.6 Å². The van der Waals surface area contributed by atoms with Crippen molar-refractivity contribution in [1.82, 2.24) is 0 Å². The number of benzene rings is 1. The molecule has 0 aromatic heterocycles. The van der Waals surface area contributed by atoms with Crippen LogP contribution in [0.15, 0.2) is 53.8 Å². The van der Waals surface area contributed by atoms with Crippen LogP contribution < -0.4 is 15.5 Å². The summed E-state index contributed by atoms with van der Waals surface area (Å²) in [6.45, 7) is 6.34. The smallest absolute Gasteiger partial charge is 0.260 e. The quantitative estimate of drug-likeness (QED) is 0.858. The Bertz CT molecular complexity index is 734. The lowest BCUT2D eigenvalue weighted by molar-refractivity contribution is -0.114. The summed E-state index contributed by atoms with van der Waals surface area (Å²) in [4.78, 5) is 17.0. The van der Waals surface area contributed by atoms with E-state index < -0.39 is 0 Å². The van der Waals surface area contributed by atoms with E-state index in [9.17, 15) is 4.79 Å². The second kappa shape index (κ2) is 8.37. The Kier molecular flexibility index (Phi) is 6.45. The molecular formula is C20H26ClN3O. The monoisotopic (exact) mass is 359 g/mol. The Morgan fingerprint density at radius 3 is 2.64 bits per heavy atom. The Hall–Kier alpha value is -2.04. The van der Waals surface area contributed by atoms with Gasteiger partial charge in [-0.3, -0.25) is 4.79 Å². The van der Waals surface area contributed by atoms with Crippen molar-refractivity contribution in [3.63, 3.8) is 0 Å². The summed E-state index contributed by atoms with van der Waals surface area (Å²) in [6.07, 6.45) is 8.51. The molecule has 1 heterocycles. The van der Waals surface area contributed by atoms with Crippen molar-refractivity contribution in [2.75, 3.05) is 23.4 Å². The highest BCUT2D eigenvalue weighted by atomic mass is 35.5. The summed E-state index contributed by atoms with van der Waals surface area (Å²) in [5.74, 6) is -0.0369. The number of allylic oxidation sites excluding steroid dienone is 3. The Labute approximate surface area is 155 Å². The first-order valence-electron chi connectivity index (χ1n) is 8.66. The van der Waals surface area contributed by atoms with E-state index in [2.05, 4.69) is 11.0 Å². The van der Waals surface area contributed by atoms with Gasteiger partial charge in [0.15, 0.2) is 0 Å². The number of carbonyl (C=O) groups is 1. The molecule has 1 atom stereocenters. The topological polar surface area (TPSA) is 49.6 Å². The second-order valence-electron chi connectivity index (χ2n) is 5.94. The first-order chi connectivity index (χ1) is 12.0.